The molecule has 0 spiro atoms. The smallest absolute Gasteiger partial charge is 0.277 e. The van der Waals surface area contributed by atoms with Crippen molar-refractivity contribution in [2.24, 2.45) is 5.14 Å². The summed E-state index contributed by atoms with van der Waals surface area (Å²) in [6.07, 6.45) is 2.88. The van der Waals surface area contributed by atoms with Crippen molar-refractivity contribution in [3.8, 4) is 0 Å². The lowest BCUT2D eigenvalue weighted by molar-refractivity contribution is 0.210. The van der Waals surface area contributed by atoms with E-state index < -0.39 is 10.2 Å². The predicted molar refractivity (Wildman–Crippen MR) is 60.6 cm³/mol. The van der Waals surface area contributed by atoms with E-state index in [1.807, 2.05) is 13.8 Å². The van der Waals surface area contributed by atoms with E-state index in [2.05, 4.69) is 5.32 Å². The highest BCUT2D eigenvalue weighted by Crippen LogP contribution is 2.21. The molecule has 0 aromatic rings. The largest absolute Gasteiger partial charge is 0.313 e. The third kappa shape index (κ3) is 3.41. The van der Waals surface area contributed by atoms with Crippen LogP contribution in [0.1, 0.15) is 33.1 Å². The molecule has 0 amide bonds. The molecule has 90 valence electrons. The number of nitrogens with two attached hydrogens (primary N) is 1. The number of piperidine rings is 1. The van der Waals surface area contributed by atoms with E-state index >= 15 is 0 Å². The molecular weight excluding hydrogens is 214 g/mol. The number of likely N-dealkylation sites (N-methyl/N-ethyl adjacent to an activating group) is 1. The average molecular weight is 235 g/mol. The van der Waals surface area contributed by atoms with Crippen molar-refractivity contribution in [3.05, 3.63) is 0 Å². The van der Waals surface area contributed by atoms with Gasteiger partial charge in [0.1, 0.15) is 0 Å². The van der Waals surface area contributed by atoms with E-state index in [4.69, 9.17) is 5.14 Å². The van der Waals surface area contributed by atoms with E-state index in [0.29, 0.717) is 6.54 Å². The summed E-state index contributed by atoms with van der Waals surface area (Å²) in [4.78, 5) is 0. The van der Waals surface area contributed by atoms with Crippen molar-refractivity contribution in [3.63, 3.8) is 0 Å². The van der Waals surface area contributed by atoms with Gasteiger partial charge in [0.05, 0.1) is 0 Å². The molecule has 1 saturated heterocycles. The SMILES string of the molecule is CCNC(C)C1CCCCN1S(N)(=O)=O. The Hall–Kier alpha value is -0.170. The van der Waals surface area contributed by atoms with Crippen molar-refractivity contribution in [2.75, 3.05) is 13.1 Å². The lowest BCUT2D eigenvalue weighted by Crippen LogP contribution is -2.54. The van der Waals surface area contributed by atoms with Gasteiger partial charge in [0.15, 0.2) is 0 Å². The highest BCUT2D eigenvalue weighted by atomic mass is 32.2. The molecule has 5 nitrogen and oxygen atoms in total. The van der Waals surface area contributed by atoms with Crippen LogP contribution in [0.25, 0.3) is 0 Å². The van der Waals surface area contributed by atoms with Crippen molar-refractivity contribution in [2.45, 2.75) is 45.2 Å². The van der Waals surface area contributed by atoms with Crippen LogP contribution in [0, 0.1) is 0 Å². The van der Waals surface area contributed by atoms with E-state index in [0.717, 1.165) is 25.8 Å². The molecule has 2 unspecified atom stereocenters. The molecule has 0 saturated carbocycles. The fraction of sp³-hybridized carbons (Fsp3) is 1.00. The van der Waals surface area contributed by atoms with Crippen LogP contribution in [0.2, 0.25) is 0 Å². The third-order valence-corrected chi connectivity index (χ3v) is 4.04. The van der Waals surface area contributed by atoms with Crippen LogP contribution >= 0.6 is 0 Å². The summed E-state index contributed by atoms with van der Waals surface area (Å²) in [6, 6.07) is 0.169. The van der Waals surface area contributed by atoms with Gasteiger partial charge >= 0.3 is 0 Å². The second-order valence-electron chi connectivity index (χ2n) is 4.07. The summed E-state index contributed by atoms with van der Waals surface area (Å²) in [6.45, 7) is 5.42. The molecule has 1 rings (SSSR count). The first-order valence-electron chi connectivity index (χ1n) is 5.49. The highest BCUT2D eigenvalue weighted by molar-refractivity contribution is 7.86. The van der Waals surface area contributed by atoms with Gasteiger partial charge in [-0.3, -0.25) is 0 Å². The summed E-state index contributed by atoms with van der Waals surface area (Å²) < 4.78 is 24.2. The number of hydrogen-bond acceptors (Lipinski definition) is 3. The summed E-state index contributed by atoms with van der Waals surface area (Å²) in [5.74, 6) is 0. The fourth-order valence-electron chi connectivity index (χ4n) is 2.20. The summed E-state index contributed by atoms with van der Waals surface area (Å²) >= 11 is 0. The lowest BCUT2D eigenvalue weighted by atomic mass is 9.99. The van der Waals surface area contributed by atoms with Gasteiger partial charge in [0, 0.05) is 18.6 Å². The van der Waals surface area contributed by atoms with Crippen LogP contribution < -0.4 is 10.5 Å². The molecule has 0 bridgehead atoms. The second-order valence-corrected chi connectivity index (χ2v) is 5.56. The zero-order valence-corrected chi connectivity index (χ0v) is 10.3. The van der Waals surface area contributed by atoms with Gasteiger partial charge in [-0.15, -0.1) is 0 Å². The first kappa shape index (κ1) is 12.9. The molecule has 1 aliphatic heterocycles. The minimum atomic E-state index is -3.55. The minimum absolute atomic E-state index is 0.00806. The van der Waals surface area contributed by atoms with Crippen LogP contribution in [0.5, 0.6) is 0 Å². The zero-order chi connectivity index (χ0) is 11.5. The Morgan fingerprint density at radius 1 is 1.53 bits per heavy atom. The number of rotatable bonds is 4. The Morgan fingerprint density at radius 2 is 2.20 bits per heavy atom. The Balaban J connectivity index is 2.74. The van der Waals surface area contributed by atoms with Gasteiger partial charge in [-0.05, 0) is 26.3 Å². The van der Waals surface area contributed by atoms with Crippen LogP contribution in [-0.4, -0.2) is 37.9 Å². The molecule has 6 heteroatoms. The van der Waals surface area contributed by atoms with Crippen LogP contribution in [0.3, 0.4) is 0 Å². The number of nitrogens with zero attached hydrogens (tertiary/aromatic N) is 1. The van der Waals surface area contributed by atoms with Gasteiger partial charge in [-0.25, -0.2) is 5.14 Å². The predicted octanol–water partition coefficient (Wildman–Crippen LogP) is 0.0424. The topological polar surface area (TPSA) is 75.4 Å². The molecule has 3 N–H and O–H groups in total. The van der Waals surface area contributed by atoms with Crippen molar-refractivity contribution in [1.82, 2.24) is 9.62 Å². The molecule has 0 aromatic carbocycles. The number of nitrogens with one attached hydrogen (secondary N) is 1. The third-order valence-electron chi connectivity index (χ3n) is 2.93. The molecule has 0 radical (unpaired) electrons. The van der Waals surface area contributed by atoms with Crippen molar-refractivity contribution in [1.29, 1.82) is 0 Å². The van der Waals surface area contributed by atoms with E-state index in [9.17, 15) is 8.42 Å². The van der Waals surface area contributed by atoms with Crippen LogP contribution in [0.4, 0.5) is 0 Å². The van der Waals surface area contributed by atoms with Crippen molar-refractivity contribution < 1.29 is 8.42 Å². The average Bonchev–Trinajstić information content (AvgIpc) is 2.17. The summed E-state index contributed by atoms with van der Waals surface area (Å²) in [7, 11) is -3.55. The monoisotopic (exact) mass is 235 g/mol. The Kier molecular flexibility index (Phi) is 4.51. The van der Waals surface area contributed by atoms with Gasteiger partial charge in [0.2, 0.25) is 0 Å². The molecule has 1 fully saturated rings. The highest BCUT2D eigenvalue weighted by Gasteiger charge is 2.32. The maximum Gasteiger partial charge on any atom is 0.277 e. The van der Waals surface area contributed by atoms with Crippen LogP contribution in [0.15, 0.2) is 0 Å². The van der Waals surface area contributed by atoms with E-state index in [1.54, 1.807) is 0 Å². The van der Waals surface area contributed by atoms with Crippen LogP contribution in [-0.2, 0) is 10.2 Å². The first-order valence-corrected chi connectivity index (χ1v) is 7.00. The molecule has 0 aliphatic carbocycles. The molecule has 15 heavy (non-hydrogen) atoms. The fourth-order valence-corrected chi connectivity index (χ4v) is 3.25. The zero-order valence-electron chi connectivity index (χ0n) is 9.44. The first-order chi connectivity index (χ1) is 6.96. The van der Waals surface area contributed by atoms with Crippen molar-refractivity contribution >= 4 is 10.2 Å². The Morgan fingerprint density at radius 3 is 2.73 bits per heavy atom. The van der Waals surface area contributed by atoms with Gasteiger partial charge in [0.25, 0.3) is 10.2 Å². The quantitative estimate of drug-likeness (QED) is 0.722. The van der Waals surface area contributed by atoms with E-state index in [1.165, 1.54) is 4.31 Å². The molecule has 1 aliphatic rings. The normalized spacial score (nSPS) is 26.5. The molecule has 1 heterocycles. The standard InChI is InChI=1S/C9H21N3O2S/c1-3-11-8(2)9-6-4-5-7-12(9)15(10,13)14/h8-9,11H,3-7H2,1-2H3,(H2,10,13,14). The molecule has 0 aromatic heterocycles. The number of hydrogen-bond donors (Lipinski definition) is 2. The molecular formula is C9H21N3O2S. The second kappa shape index (κ2) is 5.25. The summed E-state index contributed by atoms with van der Waals surface area (Å²) in [5, 5.41) is 8.46. The molecule has 2 atom stereocenters. The maximum atomic E-state index is 11.4. The summed E-state index contributed by atoms with van der Waals surface area (Å²) in [5.41, 5.74) is 0. The lowest BCUT2D eigenvalue weighted by Gasteiger charge is -2.37. The Bertz CT molecular complexity index is 292. The minimum Gasteiger partial charge on any atom is -0.313 e. The van der Waals surface area contributed by atoms with Gasteiger partial charge in [-0.1, -0.05) is 13.3 Å². The van der Waals surface area contributed by atoms with Gasteiger partial charge in [-0.2, -0.15) is 12.7 Å². The maximum absolute atomic E-state index is 11.4. The Labute approximate surface area is 92.2 Å². The van der Waals surface area contributed by atoms with E-state index in [-0.39, 0.29) is 12.1 Å². The van der Waals surface area contributed by atoms with Gasteiger partial charge < -0.3 is 5.32 Å².